The maximum atomic E-state index is 5.87. The van der Waals surface area contributed by atoms with Crippen LogP contribution in [0, 0.1) is 5.92 Å². The second-order valence-electron chi connectivity index (χ2n) is 5.34. The van der Waals surface area contributed by atoms with Gasteiger partial charge in [0, 0.05) is 12.5 Å². The molecule has 0 unspecified atom stereocenters. The third kappa shape index (κ3) is 4.36. The fourth-order valence-electron chi connectivity index (χ4n) is 2.20. The summed E-state index contributed by atoms with van der Waals surface area (Å²) in [6, 6.07) is 10.6. The molecule has 0 saturated carbocycles. The highest BCUT2D eigenvalue weighted by molar-refractivity contribution is 5.32. The number of ether oxygens (including phenoxy) is 1. The van der Waals surface area contributed by atoms with Crippen molar-refractivity contribution in [2.75, 3.05) is 6.61 Å². The Morgan fingerprint density at radius 2 is 1.74 bits per heavy atom. The third-order valence-corrected chi connectivity index (χ3v) is 3.82. The molecular weight excluding hydrogens is 232 g/mol. The van der Waals surface area contributed by atoms with E-state index in [0.29, 0.717) is 5.92 Å². The van der Waals surface area contributed by atoms with Crippen LogP contribution in [0.25, 0.3) is 0 Å². The predicted molar refractivity (Wildman–Crippen MR) is 81.3 cm³/mol. The molecule has 1 nitrogen and oxygen atoms in total. The van der Waals surface area contributed by atoms with Gasteiger partial charge in [-0.15, -0.1) is 0 Å². The van der Waals surface area contributed by atoms with E-state index in [9.17, 15) is 0 Å². The average molecular weight is 256 g/mol. The van der Waals surface area contributed by atoms with E-state index in [1.165, 1.54) is 12.0 Å². The predicted octanol–water partition coefficient (Wildman–Crippen LogP) is 4.72. The minimum atomic E-state index is 0.156. The first-order valence-corrected chi connectivity index (χ1v) is 7.32. The minimum absolute atomic E-state index is 0.156. The smallest absolute Gasteiger partial charge is 0.0938 e. The van der Waals surface area contributed by atoms with Crippen molar-refractivity contribution < 1.29 is 4.74 Å². The molecule has 19 heavy (non-hydrogen) atoms. The molecule has 1 aliphatic carbocycles. The Balaban J connectivity index is 1.79. The Morgan fingerprint density at radius 1 is 1.05 bits per heavy atom. The fourth-order valence-corrected chi connectivity index (χ4v) is 2.20. The standard InChI is InChI=1S/C18H24O/c1-3-15(2)13-14-19-18-11-9-17(10-12-18)16-7-5-4-6-8-16/h4-12,15,17-18H,3,13-14H2,1-2H3/t15-,17?,18?/m0/s1. The van der Waals surface area contributed by atoms with E-state index in [-0.39, 0.29) is 6.10 Å². The SMILES string of the molecule is CC[C@H](C)CCOC1C=CC(c2ccccc2)C=C1. The van der Waals surface area contributed by atoms with Crippen LogP contribution in [-0.2, 0) is 4.74 Å². The lowest BCUT2D eigenvalue weighted by Crippen LogP contribution is -2.13. The molecule has 1 aromatic carbocycles. The number of allylic oxidation sites excluding steroid dienone is 2. The van der Waals surface area contributed by atoms with Gasteiger partial charge in [0.15, 0.2) is 0 Å². The molecule has 1 aromatic rings. The first-order chi connectivity index (χ1) is 9.29. The van der Waals surface area contributed by atoms with Gasteiger partial charge in [0.2, 0.25) is 0 Å². The number of benzene rings is 1. The molecule has 0 saturated heterocycles. The zero-order chi connectivity index (χ0) is 13.5. The maximum absolute atomic E-state index is 5.87. The Bertz CT molecular complexity index is 405. The van der Waals surface area contributed by atoms with Gasteiger partial charge in [-0.05, 0) is 17.9 Å². The largest absolute Gasteiger partial charge is 0.370 e. The fraction of sp³-hybridized carbons (Fsp3) is 0.444. The monoisotopic (exact) mass is 256 g/mol. The second kappa shape index (κ2) is 7.30. The average Bonchev–Trinajstić information content (AvgIpc) is 2.48. The highest BCUT2D eigenvalue weighted by Crippen LogP contribution is 2.23. The lowest BCUT2D eigenvalue weighted by Gasteiger charge is -2.18. The summed E-state index contributed by atoms with van der Waals surface area (Å²) < 4.78 is 5.87. The molecular formula is C18H24O. The molecule has 0 amide bonds. The molecule has 0 aliphatic heterocycles. The summed E-state index contributed by atoms with van der Waals surface area (Å²) in [6.07, 6.45) is 11.4. The first kappa shape index (κ1) is 14.1. The maximum Gasteiger partial charge on any atom is 0.0938 e. The molecule has 0 N–H and O–H groups in total. The van der Waals surface area contributed by atoms with Crippen molar-refractivity contribution >= 4 is 0 Å². The molecule has 102 valence electrons. The molecule has 0 heterocycles. The Morgan fingerprint density at radius 3 is 2.37 bits per heavy atom. The van der Waals surface area contributed by atoms with Gasteiger partial charge in [0.25, 0.3) is 0 Å². The van der Waals surface area contributed by atoms with Gasteiger partial charge in [0.1, 0.15) is 0 Å². The Labute approximate surface area is 117 Å². The van der Waals surface area contributed by atoms with E-state index in [0.717, 1.165) is 18.9 Å². The number of hydrogen-bond donors (Lipinski definition) is 0. The molecule has 1 heteroatoms. The summed E-state index contributed by atoms with van der Waals surface area (Å²) in [5, 5.41) is 0. The molecule has 2 rings (SSSR count). The van der Waals surface area contributed by atoms with Crippen molar-refractivity contribution in [3.63, 3.8) is 0 Å². The molecule has 0 spiro atoms. The summed E-state index contributed by atoms with van der Waals surface area (Å²) in [6.45, 7) is 5.36. The van der Waals surface area contributed by atoms with Gasteiger partial charge in [-0.1, -0.05) is 74.9 Å². The van der Waals surface area contributed by atoms with Crippen LogP contribution in [-0.4, -0.2) is 12.7 Å². The van der Waals surface area contributed by atoms with Crippen LogP contribution in [0.2, 0.25) is 0 Å². The zero-order valence-electron chi connectivity index (χ0n) is 12.0. The topological polar surface area (TPSA) is 9.23 Å². The van der Waals surface area contributed by atoms with Crippen LogP contribution < -0.4 is 0 Å². The van der Waals surface area contributed by atoms with Gasteiger partial charge in [-0.3, -0.25) is 0 Å². The second-order valence-corrected chi connectivity index (χ2v) is 5.34. The molecule has 0 bridgehead atoms. The Hall–Kier alpha value is -1.34. The van der Waals surface area contributed by atoms with E-state index < -0.39 is 0 Å². The normalized spacial score (nSPS) is 23.5. The lowest BCUT2D eigenvalue weighted by atomic mass is 9.94. The molecule has 1 atom stereocenters. The highest BCUT2D eigenvalue weighted by atomic mass is 16.5. The van der Waals surface area contributed by atoms with E-state index in [4.69, 9.17) is 4.74 Å². The van der Waals surface area contributed by atoms with Crippen LogP contribution >= 0.6 is 0 Å². The van der Waals surface area contributed by atoms with Crippen molar-refractivity contribution in [1.29, 1.82) is 0 Å². The van der Waals surface area contributed by atoms with Gasteiger partial charge < -0.3 is 4.74 Å². The zero-order valence-corrected chi connectivity index (χ0v) is 12.0. The van der Waals surface area contributed by atoms with Crippen molar-refractivity contribution in [3.8, 4) is 0 Å². The van der Waals surface area contributed by atoms with E-state index in [1.54, 1.807) is 0 Å². The number of hydrogen-bond acceptors (Lipinski definition) is 1. The van der Waals surface area contributed by atoms with Gasteiger partial charge in [0.05, 0.1) is 6.10 Å². The molecule has 1 aliphatic rings. The molecule has 0 fully saturated rings. The van der Waals surface area contributed by atoms with Crippen LogP contribution in [0.3, 0.4) is 0 Å². The number of rotatable bonds is 6. The quantitative estimate of drug-likeness (QED) is 0.669. The summed E-state index contributed by atoms with van der Waals surface area (Å²) >= 11 is 0. The highest BCUT2D eigenvalue weighted by Gasteiger charge is 2.11. The van der Waals surface area contributed by atoms with Crippen LogP contribution in [0.15, 0.2) is 54.6 Å². The van der Waals surface area contributed by atoms with Crippen LogP contribution in [0.5, 0.6) is 0 Å². The van der Waals surface area contributed by atoms with Crippen molar-refractivity contribution in [2.24, 2.45) is 5.92 Å². The lowest BCUT2D eigenvalue weighted by molar-refractivity contribution is 0.102. The van der Waals surface area contributed by atoms with Gasteiger partial charge in [-0.25, -0.2) is 0 Å². The summed E-state index contributed by atoms with van der Waals surface area (Å²) in [7, 11) is 0. The summed E-state index contributed by atoms with van der Waals surface area (Å²) in [4.78, 5) is 0. The van der Waals surface area contributed by atoms with Crippen LogP contribution in [0.1, 0.15) is 38.2 Å². The third-order valence-electron chi connectivity index (χ3n) is 3.82. The van der Waals surface area contributed by atoms with Gasteiger partial charge >= 0.3 is 0 Å². The van der Waals surface area contributed by atoms with E-state index >= 15 is 0 Å². The molecule has 0 aromatic heterocycles. The van der Waals surface area contributed by atoms with Crippen molar-refractivity contribution in [3.05, 3.63) is 60.2 Å². The van der Waals surface area contributed by atoms with Crippen molar-refractivity contribution in [1.82, 2.24) is 0 Å². The summed E-state index contributed by atoms with van der Waals surface area (Å²) in [5.41, 5.74) is 1.34. The van der Waals surface area contributed by atoms with Gasteiger partial charge in [-0.2, -0.15) is 0 Å². The van der Waals surface area contributed by atoms with E-state index in [1.807, 2.05) is 0 Å². The van der Waals surface area contributed by atoms with Crippen LogP contribution in [0.4, 0.5) is 0 Å². The first-order valence-electron chi connectivity index (χ1n) is 7.32. The minimum Gasteiger partial charge on any atom is -0.370 e. The van der Waals surface area contributed by atoms with E-state index in [2.05, 4.69) is 68.5 Å². The Kier molecular flexibility index (Phi) is 5.41. The molecule has 0 radical (unpaired) electrons. The van der Waals surface area contributed by atoms with Crippen molar-refractivity contribution in [2.45, 2.75) is 38.7 Å². The summed E-state index contributed by atoms with van der Waals surface area (Å²) in [5.74, 6) is 1.16.